The smallest absolute Gasteiger partial charge is 0.462 e. The molecule has 0 aliphatic carbocycles. The van der Waals surface area contributed by atoms with Gasteiger partial charge in [-0.15, -0.1) is 0 Å². The maximum absolute atomic E-state index is 14.1. The fourth-order valence-electron chi connectivity index (χ4n) is 3.71. The molecular formula is C27H23FNO4P. The summed E-state index contributed by atoms with van der Waals surface area (Å²) >= 11 is 0. The number of rotatable bonds is 6. The van der Waals surface area contributed by atoms with Gasteiger partial charge in [-0.05, 0) is 67.1 Å². The van der Waals surface area contributed by atoms with E-state index in [4.69, 9.17) is 13.8 Å². The summed E-state index contributed by atoms with van der Waals surface area (Å²) in [4.78, 5) is 1.91. The summed E-state index contributed by atoms with van der Waals surface area (Å²) in [6.07, 6.45) is 0. The Labute approximate surface area is 197 Å². The van der Waals surface area contributed by atoms with Crippen LogP contribution >= 0.6 is 7.60 Å². The zero-order valence-electron chi connectivity index (χ0n) is 18.6. The van der Waals surface area contributed by atoms with Gasteiger partial charge in [-0.1, -0.05) is 42.5 Å². The van der Waals surface area contributed by atoms with Crippen molar-refractivity contribution in [3.05, 3.63) is 114 Å². The molecule has 0 fully saturated rings. The van der Waals surface area contributed by atoms with Gasteiger partial charge >= 0.3 is 7.60 Å². The molecule has 0 saturated heterocycles. The molecule has 172 valence electrons. The van der Waals surface area contributed by atoms with Gasteiger partial charge in [0.2, 0.25) is 0 Å². The van der Waals surface area contributed by atoms with Crippen LogP contribution in [0, 0.1) is 12.7 Å². The zero-order chi connectivity index (χ0) is 23.5. The summed E-state index contributed by atoms with van der Waals surface area (Å²) in [5.74, 6) is 1.28. The van der Waals surface area contributed by atoms with Gasteiger partial charge in [0.15, 0.2) is 6.73 Å². The molecule has 4 aromatic rings. The molecule has 5 nitrogen and oxygen atoms in total. The van der Waals surface area contributed by atoms with Crippen molar-refractivity contribution >= 4 is 18.6 Å². The van der Waals surface area contributed by atoms with Crippen LogP contribution in [-0.2, 0) is 11.1 Å². The van der Waals surface area contributed by atoms with Crippen molar-refractivity contribution in [1.29, 1.82) is 0 Å². The van der Waals surface area contributed by atoms with E-state index in [1.807, 2.05) is 47.4 Å². The van der Waals surface area contributed by atoms with Gasteiger partial charge in [0.25, 0.3) is 0 Å². The third-order valence-electron chi connectivity index (χ3n) is 5.56. The highest BCUT2D eigenvalue weighted by atomic mass is 31.2. The van der Waals surface area contributed by atoms with Crippen LogP contribution in [0.2, 0.25) is 0 Å². The summed E-state index contributed by atoms with van der Waals surface area (Å²) < 4.78 is 46.1. The SMILES string of the molecule is Cc1ccc(N2COc3ccc(P(=O)(Oc4ccccc4)Oc4ccccc4)cc3C2)cc1F. The molecule has 0 amide bonds. The Morgan fingerprint density at radius 3 is 2.12 bits per heavy atom. The summed E-state index contributed by atoms with van der Waals surface area (Å²) in [6.45, 7) is 2.47. The lowest BCUT2D eigenvalue weighted by Gasteiger charge is -2.31. The first-order valence-corrected chi connectivity index (χ1v) is 12.4. The summed E-state index contributed by atoms with van der Waals surface area (Å²) in [7, 11) is -3.80. The number of nitrogens with zero attached hydrogens (tertiary/aromatic N) is 1. The van der Waals surface area contributed by atoms with E-state index in [0.29, 0.717) is 40.3 Å². The van der Waals surface area contributed by atoms with Crippen molar-refractivity contribution in [3.8, 4) is 17.2 Å². The van der Waals surface area contributed by atoms with Crippen LogP contribution in [0.5, 0.6) is 17.2 Å². The number of anilines is 1. The number of fused-ring (bicyclic) bond motifs is 1. The van der Waals surface area contributed by atoms with Gasteiger partial charge in [-0.3, -0.25) is 0 Å². The molecule has 5 rings (SSSR count). The number of para-hydroxylation sites is 2. The molecule has 0 bridgehead atoms. The number of ether oxygens (including phenoxy) is 1. The van der Waals surface area contributed by atoms with Crippen LogP contribution in [0.15, 0.2) is 97.1 Å². The quantitative estimate of drug-likeness (QED) is 0.299. The first-order valence-electron chi connectivity index (χ1n) is 10.9. The Balaban J connectivity index is 1.49. The zero-order valence-corrected chi connectivity index (χ0v) is 19.5. The van der Waals surface area contributed by atoms with Gasteiger partial charge in [-0.2, -0.15) is 0 Å². The molecule has 4 aromatic carbocycles. The summed E-state index contributed by atoms with van der Waals surface area (Å²) in [5.41, 5.74) is 2.10. The first-order chi connectivity index (χ1) is 16.5. The second kappa shape index (κ2) is 9.24. The molecule has 0 radical (unpaired) electrons. The minimum atomic E-state index is -3.80. The van der Waals surface area contributed by atoms with Crippen LogP contribution in [-0.4, -0.2) is 6.73 Å². The summed E-state index contributed by atoms with van der Waals surface area (Å²) in [6, 6.07) is 28.2. The third-order valence-corrected chi connectivity index (χ3v) is 7.37. The van der Waals surface area contributed by atoms with E-state index in [-0.39, 0.29) is 12.5 Å². The van der Waals surface area contributed by atoms with Crippen molar-refractivity contribution in [2.24, 2.45) is 0 Å². The Hall–Kier alpha value is -3.76. The van der Waals surface area contributed by atoms with Gasteiger partial charge in [0.1, 0.15) is 23.1 Å². The monoisotopic (exact) mass is 475 g/mol. The lowest BCUT2D eigenvalue weighted by atomic mass is 10.1. The van der Waals surface area contributed by atoms with E-state index in [1.165, 1.54) is 6.07 Å². The van der Waals surface area contributed by atoms with E-state index >= 15 is 0 Å². The highest BCUT2D eigenvalue weighted by molar-refractivity contribution is 7.63. The van der Waals surface area contributed by atoms with Crippen LogP contribution in [0.4, 0.5) is 10.1 Å². The first kappa shape index (κ1) is 22.1. The second-order valence-electron chi connectivity index (χ2n) is 8.00. The Morgan fingerprint density at radius 1 is 0.853 bits per heavy atom. The van der Waals surface area contributed by atoms with Crippen molar-refractivity contribution in [1.82, 2.24) is 0 Å². The van der Waals surface area contributed by atoms with Gasteiger partial charge in [0, 0.05) is 17.8 Å². The van der Waals surface area contributed by atoms with Crippen LogP contribution in [0.3, 0.4) is 0 Å². The number of hydrogen-bond donors (Lipinski definition) is 0. The molecule has 0 unspecified atom stereocenters. The minimum Gasteiger partial charge on any atom is -0.473 e. The molecule has 7 heteroatoms. The third kappa shape index (κ3) is 4.63. The normalized spacial score (nSPS) is 13.1. The molecule has 0 atom stereocenters. The molecule has 0 N–H and O–H groups in total. The predicted octanol–water partition coefficient (Wildman–Crippen LogP) is 6.47. The van der Waals surface area contributed by atoms with Crippen LogP contribution in [0.25, 0.3) is 0 Å². The Kier molecular flexibility index (Phi) is 5.99. The van der Waals surface area contributed by atoms with Crippen molar-refractivity contribution in [3.63, 3.8) is 0 Å². The number of aryl methyl sites for hydroxylation is 1. The van der Waals surface area contributed by atoms with Crippen LogP contribution in [0.1, 0.15) is 11.1 Å². The lowest BCUT2D eigenvalue weighted by Crippen LogP contribution is -2.32. The molecular weight excluding hydrogens is 452 g/mol. The predicted molar refractivity (Wildman–Crippen MR) is 131 cm³/mol. The average molecular weight is 475 g/mol. The molecule has 0 spiro atoms. The second-order valence-corrected chi connectivity index (χ2v) is 9.88. The fourth-order valence-corrected chi connectivity index (χ4v) is 5.33. The van der Waals surface area contributed by atoms with Gasteiger partial charge in [0.05, 0.1) is 5.30 Å². The molecule has 0 saturated carbocycles. The van der Waals surface area contributed by atoms with Crippen LogP contribution < -0.4 is 24.0 Å². The average Bonchev–Trinajstić information content (AvgIpc) is 2.86. The Morgan fingerprint density at radius 2 is 1.50 bits per heavy atom. The molecule has 1 heterocycles. The largest absolute Gasteiger partial charge is 0.473 e. The fraction of sp³-hybridized carbons (Fsp3) is 0.111. The van der Waals surface area contributed by atoms with Gasteiger partial charge in [-0.25, -0.2) is 8.96 Å². The molecule has 0 aromatic heterocycles. The van der Waals surface area contributed by atoms with Crippen molar-refractivity contribution in [2.45, 2.75) is 13.5 Å². The highest BCUT2D eigenvalue weighted by Gasteiger charge is 2.33. The Bertz CT molecular complexity index is 1300. The number of benzene rings is 4. The molecule has 34 heavy (non-hydrogen) atoms. The van der Waals surface area contributed by atoms with E-state index in [9.17, 15) is 8.96 Å². The topological polar surface area (TPSA) is 48.0 Å². The minimum absolute atomic E-state index is 0.269. The van der Waals surface area contributed by atoms with Crippen molar-refractivity contribution in [2.75, 3.05) is 11.6 Å². The molecule has 1 aliphatic rings. The maximum atomic E-state index is 14.1. The number of halogens is 1. The van der Waals surface area contributed by atoms with E-state index in [1.54, 1.807) is 55.5 Å². The van der Waals surface area contributed by atoms with E-state index in [0.717, 1.165) is 5.56 Å². The van der Waals surface area contributed by atoms with E-state index < -0.39 is 7.60 Å². The summed E-state index contributed by atoms with van der Waals surface area (Å²) in [5, 5.41) is 0.402. The van der Waals surface area contributed by atoms with Gasteiger partial charge < -0.3 is 18.7 Å². The highest BCUT2D eigenvalue weighted by Crippen LogP contribution is 2.48. The van der Waals surface area contributed by atoms with Crippen molar-refractivity contribution < 1.29 is 22.7 Å². The number of hydrogen-bond acceptors (Lipinski definition) is 5. The lowest BCUT2D eigenvalue weighted by molar-refractivity contribution is 0.289. The van der Waals surface area contributed by atoms with E-state index in [2.05, 4.69) is 0 Å². The molecule has 1 aliphatic heterocycles. The maximum Gasteiger partial charge on any atom is 0.462 e. The standard InChI is InChI=1S/C27H23FNO4P/c1-20-12-13-22(17-26(20)28)29-18-21-16-25(14-15-27(21)31-19-29)34(30,32-23-8-4-2-5-9-23)33-24-10-6-3-7-11-24/h2-17H,18-19H2,1H3.